The Morgan fingerprint density at radius 3 is 2.38 bits per heavy atom. The van der Waals surface area contributed by atoms with Gasteiger partial charge in [0.05, 0.1) is 0 Å². The van der Waals surface area contributed by atoms with Crippen LogP contribution in [0.3, 0.4) is 0 Å². The second kappa shape index (κ2) is 2.72. The molecule has 1 heterocycles. The fourth-order valence-corrected chi connectivity index (χ4v) is 1.16. The molecule has 1 aliphatic heterocycles. The Morgan fingerprint density at radius 2 is 2.15 bits per heavy atom. The second-order valence-electron chi connectivity index (χ2n) is 4.73. The molecule has 0 fully saturated rings. The molecule has 2 N–H and O–H groups in total. The van der Waals surface area contributed by atoms with E-state index in [1.165, 1.54) is 0 Å². The van der Waals surface area contributed by atoms with E-state index in [0.717, 1.165) is 5.71 Å². The first-order chi connectivity index (χ1) is 5.76. The van der Waals surface area contributed by atoms with E-state index in [1.807, 2.05) is 20.8 Å². The molecule has 0 saturated carbocycles. The smallest absolute Gasteiger partial charge is 0.331 e. The van der Waals surface area contributed by atoms with Gasteiger partial charge in [-0.05, 0) is 6.92 Å². The van der Waals surface area contributed by atoms with Crippen molar-refractivity contribution in [3.63, 3.8) is 0 Å². The zero-order valence-electron chi connectivity index (χ0n) is 8.51. The summed E-state index contributed by atoms with van der Waals surface area (Å²) in [5.41, 5.74) is 2.62. The highest BCUT2D eigenvalue weighted by atomic mass is 16.4. The average molecular weight is 184 g/mol. The Labute approximate surface area is 78.0 Å². The van der Waals surface area contributed by atoms with Gasteiger partial charge >= 0.3 is 5.97 Å². The quantitative estimate of drug-likeness (QED) is 0.644. The summed E-state index contributed by atoms with van der Waals surface area (Å²) >= 11 is 0. The predicted octanol–water partition coefficient (Wildman–Crippen LogP) is 1.23. The van der Waals surface area contributed by atoms with Crippen LogP contribution in [0.15, 0.2) is 5.10 Å². The van der Waals surface area contributed by atoms with Gasteiger partial charge in [0, 0.05) is 17.5 Å². The second-order valence-corrected chi connectivity index (χ2v) is 4.73. The number of carboxylic acid groups (broad SMARTS) is 1. The number of aliphatic carboxylic acids is 1. The first-order valence-corrected chi connectivity index (χ1v) is 4.33. The van der Waals surface area contributed by atoms with Crippen LogP contribution in [0.25, 0.3) is 0 Å². The normalized spacial score (nSPS) is 28.2. The highest BCUT2D eigenvalue weighted by Gasteiger charge is 2.41. The summed E-state index contributed by atoms with van der Waals surface area (Å²) in [6, 6.07) is 0. The zero-order chi connectivity index (χ0) is 10.3. The van der Waals surface area contributed by atoms with E-state index in [1.54, 1.807) is 6.92 Å². The lowest BCUT2D eigenvalue weighted by Crippen LogP contribution is -2.44. The maximum atomic E-state index is 10.9. The van der Waals surface area contributed by atoms with E-state index < -0.39 is 11.5 Å². The maximum absolute atomic E-state index is 10.9. The third kappa shape index (κ3) is 1.82. The molecule has 4 heteroatoms. The molecule has 0 aliphatic carbocycles. The number of hydrogen-bond donors (Lipinski definition) is 2. The summed E-state index contributed by atoms with van der Waals surface area (Å²) in [7, 11) is 0. The summed E-state index contributed by atoms with van der Waals surface area (Å²) in [6.45, 7) is 7.74. The lowest BCUT2D eigenvalue weighted by molar-refractivity contribution is -0.143. The highest BCUT2D eigenvalue weighted by molar-refractivity contribution is 5.97. The van der Waals surface area contributed by atoms with Crippen molar-refractivity contribution >= 4 is 11.7 Å². The van der Waals surface area contributed by atoms with E-state index in [0.29, 0.717) is 6.42 Å². The van der Waals surface area contributed by atoms with Gasteiger partial charge in [-0.15, -0.1) is 0 Å². The lowest BCUT2D eigenvalue weighted by atomic mass is 9.83. The summed E-state index contributed by atoms with van der Waals surface area (Å²) in [4.78, 5) is 10.9. The molecule has 0 spiro atoms. The maximum Gasteiger partial charge on any atom is 0.331 e. The van der Waals surface area contributed by atoms with Crippen LogP contribution >= 0.6 is 0 Å². The first kappa shape index (κ1) is 10.0. The van der Waals surface area contributed by atoms with Crippen LogP contribution in [0.1, 0.15) is 34.1 Å². The summed E-state index contributed by atoms with van der Waals surface area (Å²) in [6.07, 6.45) is 0.478. The average Bonchev–Trinajstić information content (AvgIpc) is 2.31. The molecule has 1 atom stereocenters. The minimum Gasteiger partial charge on any atom is -0.479 e. The molecule has 0 saturated heterocycles. The first-order valence-electron chi connectivity index (χ1n) is 4.33. The van der Waals surface area contributed by atoms with E-state index >= 15 is 0 Å². The topological polar surface area (TPSA) is 61.7 Å². The van der Waals surface area contributed by atoms with E-state index in [2.05, 4.69) is 10.5 Å². The lowest BCUT2D eigenvalue weighted by Gasteiger charge is -2.21. The predicted molar refractivity (Wildman–Crippen MR) is 50.7 cm³/mol. The minimum absolute atomic E-state index is 0.0553. The summed E-state index contributed by atoms with van der Waals surface area (Å²) in [5.74, 6) is -0.851. The van der Waals surface area contributed by atoms with Gasteiger partial charge in [-0.2, -0.15) is 5.10 Å². The van der Waals surface area contributed by atoms with Crippen molar-refractivity contribution in [1.82, 2.24) is 5.43 Å². The van der Waals surface area contributed by atoms with Crippen LogP contribution < -0.4 is 5.43 Å². The molecule has 1 unspecified atom stereocenters. The molecule has 0 amide bonds. The molecule has 1 rings (SSSR count). The monoisotopic (exact) mass is 184 g/mol. The molecule has 4 nitrogen and oxygen atoms in total. The van der Waals surface area contributed by atoms with Gasteiger partial charge in [0.2, 0.25) is 0 Å². The number of hydrazone groups is 1. The molecular weight excluding hydrogens is 168 g/mol. The number of carboxylic acids is 1. The van der Waals surface area contributed by atoms with Crippen molar-refractivity contribution in [2.45, 2.75) is 39.7 Å². The third-order valence-corrected chi connectivity index (χ3v) is 2.30. The van der Waals surface area contributed by atoms with Gasteiger partial charge in [0.25, 0.3) is 0 Å². The Bertz CT molecular complexity index is 265. The molecule has 0 radical (unpaired) electrons. The van der Waals surface area contributed by atoms with Crippen molar-refractivity contribution in [3.05, 3.63) is 0 Å². The Hall–Kier alpha value is -1.06. The van der Waals surface area contributed by atoms with Gasteiger partial charge in [0.1, 0.15) is 0 Å². The zero-order valence-corrected chi connectivity index (χ0v) is 8.51. The van der Waals surface area contributed by atoms with Crippen molar-refractivity contribution in [2.24, 2.45) is 10.5 Å². The largest absolute Gasteiger partial charge is 0.479 e. The molecule has 0 aromatic heterocycles. The van der Waals surface area contributed by atoms with Crippen LogP contribution in [0.4, 0.5) is 0 Å². The number of nitrogens with one attached hydrogen (secondary N) is 1. The molecule has 0 aromatic rings. The van der Waals surface area contributed by atoms with E-state index in [4.69, 9.17) is 5.11 Å². The van der Waals surface area contributed by atoms with Gasteiger partial charge in [-0.3, -0.25) is 5.43 Å². The van der Waals surface area contributed by atoms with Crippen molar-refractivity contribution in [2.75, 3.05) is 0 Å². The molecule has 0 aromatic carbocycles. The SMILES string of the molecule is CC(C)(C)C1=NNC(C)(C(=O)O)C1. The van der Waals surface area contributed by atoms with Crippen LogP contribution in [-0.4, -0.2) is 22.3 Å². The Balaban J connectivity index is 2.77. The fraction of sp³-hybridized carbons (Fsp3) is 0.778. The highest BCUT2D eigenvalue weighted by Crippen LogP contribution is 2.27. The Morgan fingerprint density at radius 1 is 1.62 bits per heavy atom. The Kier molecular flexibility index (Phi) is 2.10. The molecule has 0 bridgehead atoms. The number of rotatable bonds is 1. The van der Waals surface area contributed by atoms with E-state index in [-0.39, 0.29) is 5.41 Å². The summed E-state index contributed by atoms with van der Waals surface area (Å²) in [5, 5.41) is 13.0. The number of nitrogens with zero attached hydrogens (tertiary/aromatic N) is 1. The van der Waals surface area contributed by atoms with Gasteiger partial charge < -0.3 is 5.11 Å². The minimum atomic E-state index is -0.914. The van der Waals surface area contributed by atoms with Crippen LogP contribution in [0.5, 0.6) is 0 Å². The van der Waals surface area contributed by atoms with Crippen LogP contribution in [-0.2, 0) is 4.79 Å². The number of hydrogen-bond acceptors (Lipinski definition) is 3. The van der Waals surface area contributed by atoms with Crippen molar-refractivity contribution in [3.8, 4) is 0 Å². The van der Waals surface area contributed by atoms with Gasteiger partial charge in [0.15, 0.2) is 5.54 Å². The fourth-order valence-electron chi connectivity index (χ4n) is 1.16. The van der Waals surface area contributed by atoms with Crippen molar-refractivity contribution in [1.29, 1.82) is 0 Å². The standard InChI is InChI=1S/C9H16N2O2/c1-8(2,3)6-5-9(4,7(12)13)11-10-6/h11H,5H2,1-4H3,(H,12,13). The van der Waals surface area contributed by atoms with E-state index in [9.17, 15) is 4.79 Å². The molecular formula is C9H16N2O2. The van der Waals surface area contributed by atoms with Gasteiger partial charge in [-0.1, -0.05) is 20.8 Å². The molecule has 1 aliphatic rings. The van der Waals surface area contributed by atoms with Crippen molar-refractivity contribution < 1.29 is 9.90 Å². The third-order valence-electron chi connectivity index (χ3n) is 2.30. The number of carbonyl (C=O) groups is 1. The van der Waals surface area contributed by atoms with Crippen LogP contribution in [0.2, 0.25) is 0 Å². The van der Waals surface area contributed by atoms with Crippen LogP contribution in [0, 0.1) is 5.41 Å². The molecule has 74 valence electrons. The van der Waals surface area contributed by atoms with Gasteiger partial charge in [-0.25, -0.2) is 4.79 Å². The molecule has 13 heavy (non-hydrogen) atoms. The summed E-state index contributed by atoms with van der Waals surface area (Å²) < 4.78 is 0.